The largest absolute Gasteiger partial charge is 0.507 e. The first-order chi connectivity index (χ1) is 17.3. The fourth-order valence-corrected chi connectivity index (χ4v) is 3.19. The minimum absolute atomic E-state index is 0.0447. The second-order valence-corrected chi connectivity index (χ2v) is 7.29. The lowest BCUT2D eigenvalue weighted by atomic mass is 10.0. The first-order valence-electron chi connectivity index (χ1n) is 10.3. The number of nitrogens with zero attached hydrogens (tertiary/aromatic N) is 6. The monoisotopic (exact) mass is 484 g/mol. The van der Waals surface area contributed by atoms with Crippen molar-refractivity contribution >= 4 is 34.1 Å². The third kappa shape index (κ3) is 5.17. The maximum absolute atomic E-state index is 10.9. The third-order valence-electron chi connectivity index (χ3n) is 4.98. The van der Waals surface area contributed by atoms with Gasteiger partial charge in [0.05, 0.1) is 32.5 Å². The number of benzene rings is 4. The van der Waals surface area contributed by atoms with Crippen LogP contribution in [0.4, 0.5) is 34.1 Å². The Balaban J connectivity index is 1.66. The molecule has 12 heteroatoms. The highest BCUT2D eigenvalue weighted by atomic mass is 16.6. The molecular weight excluding hydrogens is 468 g/mol. The second kappa shape index (κ2) is 10.2. The van der Waals surface area contributed by atoms with E-state index in [1.54, 1.807) is 24.3 Å². The van der Waals surface area contributed by atoms with Crippen molar-refractivity contribution in [2.75, 3.05) is 0 Å². The molecule has 0 unspecified atom stereocenters. The van der Waals surface area contributed by atoms with E-state index in [4.69, 9.17) is 0 Å². The lowest BCUT2D eigenvalue weighted by Crippen LogP contribution is -1.85. The van der Waals surface area contributed by atoms with E-state index in [2.05, 4.69) is 20.5 Å². The summed E-state index contributed by atoms with van der Waals surface area (Å²) in [7, 11) is 0. The van der Waals surface area contributed by atoms with Crippen molar-refractivity contribution in [3.8, 4) is 22.6 Å². The van der Waals surface area contributed by atoms with Crippen molar-refractivity contribution in [1.29, 1.82) is 0 Å². The molecule has 0 aromatic heterocycles. The van der Waals surface area contributed by atoms with Crippen molar-refractivity contribution < 1.29 is 20.1 Å². The topological polar surface area (TPSA) is 176 Å². The maximum atomic E-state index is 10.9. The average Bonchev–Trinajstić information content (AvgIpc) is 2.88. The molecule has 0 aliphatic carbocycles. The lowest BCUT2D eigenvalue weighted by Gasteiger charge is -2.11. The Hall–Kier alpha value is -5.52. The molecule has 0 amide bonds. The molecule has 36 heavy (non-hydrogen) atoms. The van der Waals surface area contributed by atoms with Crippen molar-refractivity contribution in [2.24, 2.45) is 20.5 Å². The van der Waals surface area contributed by atoms with E-state index < -0.39 is 9.85 Å². The van der Waals surface area contributed by atoms with E-state index in [-0.39, 0.29) is 34.1 Å². The first kappa shape index (κ1) is 23.6. The van der Waals surface area contributed by atoms with Crippen molar-refractivity contribution in [1.82, 2.24) is 0 Å². The fourth-order valence-electron chi connectivity index (χ4n) is 3.19. The quantitative estimate of drug-likeness (QED) is 0.157. The summed E-state index contributed by atoms with van der Waals surface area (Å²) in [5.41, 5.74) is 1.28. The van der Waals surface area contributed by atoms with Crippen LogP contribution < -0.4 is 0 Å². The summed E-state index contributed by atoms with van der Waals surface area (Å²) in [6, 6.07) is 20.2. The predicted octanol–water partition coefficient (Wildman–Crippen LogP) is 7.41. The van der Waals surface area contributed by atoms with Crippen LogP contribution >= 0.6 is 0 Å². The zero-order valence-electron chi connectivity index (χ0n) is 18.3. The molecule has 0 heterocycles. The molecule has 178 valence electrons. The maximum Gasteiger partial charge on any atom is 0.269 e. The molecular formula is C24H16N6O6. The molecule has 0 atom stereocenters. The zero-order valence-corrected chi connectivity index (χ0v) is 18.3. The molecule has 0 saturated carbocycles. The van der Waals surface area contributed by atoms with E-state index in [1.807, 2.05) is 0 Å². The van der Waals surface area contributed by atoms with E-state index in [0.717, 1.165) is 0 Å². The van der Waals surface area contributed by atoms with Gasteiger partial charge in [0.1, 0.15) is 11.4 Å². The van der Waals surface area contributed by atoms with Crippen molar-refractivity contribution in [2.45, 2.75) is 0 Å². The summed E-state index contributed by atoms with van der Waals surface area (Å²) >= 11 is 0. The summed E-state index contributed by atoms with van der Waals surface area (Å²) in [4.78, 5) is 20.6. The molecule has 4 aromatic carbocycles. The van der Waals surface area contributed by atoms with E-state index >= 15 is 0 Å². The van der Waals surface area contributed by atoms with Gasteiger partial charge in [-0.25, -0.2) is 0 Å². The second-order valence-electron chi connectivity index (χ2n) is 7.29. The summed E-state index contributed by atoms with van der Waals surface area (Å²) in [6.07, 6.45) is 0. The van der Waals surface area contributed by atoms with Gasteiger partial charge in [-0.3, -0.25) is 20.2 Å². The van der Waals surface area contributed by atoms with Crippen LogP contribution in [0.2, 0.25) is 0 Å². The Morgan fingerprint density at radius 2 is 1.08 bits per heavy atom. The van der Waals surface area contributed by atoms with Gasteiger partial charge in [0.15, 0.2) is 5.75 Å². The van der Waals surface area contributed by atoms with Gasteiger partial charge in [-0.2, -0.15) is 10.2 Å². The number of nitro benzene ring substituents is 2. The number of non-ortho nitro benzene ring substituents is 2. The Kier molecular flexibility index (Phi) is 6.68. The van der Waals surface area contributed by atoms with Crippen molar-refractivity contribution in [3.63, 3.8) is 0 Å². The number of phenolic OH excluding ortho intramolecular Hbond substituents is 2. The van der Waals surface area contributed by atoms with Gasteiger partial charge in [0.25, 0.3) is 11.4 Å². The van der Waals surface area contributed by atoms with Gasteiger partial charge in [-0.1, -0.05) is 18.2 Å². The number of rotatable bonds is 7. The molecule has 0 bridgehead atoms. The van der Waals surface area contributed by atoms with Gasteiger partial charge in [0, 0.05) is 29.8 Å². The summed E-state index contributed by atoms with van der Waals surface area (Å²) in [5, 5.41) is 59.2. The van der Waals surface area contributed by atoms with Crippen LogP contribution in [0, 0.1) is 20.2 Å². The highest BCUT2D eigenvalue weighted by Gasteiger charge is 2.17. The number of azo groups is 2. The van der Waals surface area contributed by atoms with Crippen LogP contribution in [0.15, 0.2) is 105 Å². The molecule has 0 aliphatic heterocycles. The highest BCUT2D eigenvalue weighted by Crippen LogP contribution is 2.47. The predicted molar refractivity (Wildman–Crippen MR) is 130 cm³/mol. The van der Waals surface area contributed by atoms with E-state index in [9.17, 15) is 30.4 Å². The lowest BCUT2D eigenvalue weighted by molar-refractivity contribution is -0.385. The van der Waals surface area contributed by atoms with Gasteiger partial charge >= 0.3 is 0 Å². The van der Waals surface area contributed by atoms with Gasteiger partial charge in [-0.15, -0.1) is 10.2 Å². The molecule has 0 aliphatic rings. The van der Waals surface area contributed by atoms with Crippen LogP contribution in [0.1, 0.15) is 0 Å². The number of aromatic hydroxyl groups is 2. The van der Waals surface area contributed by atoms with Gasteiger partial charge in [0.2, 0.25) is 0 Å². The first-order valence-corrected chi connectivity index (χ1v) is 10.3. The normalized spacial score (nSPS) is 11.2. The van der Waals surface area contributed by atoms with E-state index in [1.165, 1.54) is 60.7 Å². The Labute approximate surface area is 202 Å². The van der Waals surface area contributed by atoms with Crippen LogP contribution in [-0.2, 0) is 0 Å². The number of phenols is 2. The number of nitro groups is 2. The van der Waals surface area contributed by atoms with Crippen LogP contribution in [0.3, 0.4) is 0 Å². The molecule has 2 N–H and O–H groups in total. The zero-order chi connectivity index (χ0) is 25.7. The van der Waals surface area contributed by atoms with Gasteiger partial charge in [-0.05, 0) is 42.5 Å². The summed E-state index contributed by atoms with van der Waals surface area (Å²) in [6.45, 7) is 0. The van der Waals surface area contributed by atoms with Crippen molar-refractivity contribution in [3.05, 3.63) is 105 Å². The molecule has 0 saturated heterocycles. The van der Waals surface area contributed by atoms with E-state index in [0.29, 0.717) is 22.6 Å². The smallest absolute Gasteiger partial charge is 0.269 e. The molecule has 0 fully saturated rings. The molecule has 4 rings (SSSR count). The number of hydrogen-bond acceptors (Lipinski definition) is 10. The Morgan fingerprint density at radius 3 is 1.61 bits per heavy atom. The summed E-state index contributed by atoms with van der Waals surface area (Å²) in [5.74, 6) is -0.599. The minimum Gasteiger partial charge on any atom is -0.507 e. The Bertz CT molecular complexity index is 1500. The molecule has 4 aromatic rings. The molecule has 0 radical (unpaired) electrons. The van der Waals surface area contributed by atoms with Crippen LogP contribution in [0.25, 0.3) is 11.1 Å². The number of hydrogen-bond donors (Lipinski definition) is 2. The fraction of sp³-hybridized carbons (Fsp3) is 0. The standard InChI is InChI=1S/C24H16N6O6/c31-22-14-13-21(28-26-16-7-11-18(12-8-16)30(35)36)24(32)23(22)19-3-1-2-4-20(19)27-25-15-5-9-17(10-6-15)29(33)34/h1-14,31-32H/b27-25+,28-26+. The SMILES string of the molecule is O=[N+]([O-])c1ccc(/N=N/c2ccccc2-c2c(O)ccc(/N=N/c3ccc([N+](=O)[O-])cc3)c2O)cc1. The van der Waals surface area contributed by atoms with Crippen LogP contribution in [-0.4, -0.2) is 20.1 Å². The Morgan fingerprint density at radius 1 is 0.583 bits per heavy atom. The molecule has 0 spiro atoms. The third-order valence-corrected chi connectivity index (χ3v) is 4.98. The minimum atomic E-state index is -0.532. The van der Waals surface area contributed by atoms with Gasteiger partial charge < -0.3 is 10.2 Å². The highest BCUT2D eigenvalue weighted by molar-refractivity contribution is 5.87. The average molecular weight is 484 g/mol. The summed E-state index contributed by atoms with van der Waals surface area (Å²) < 4.78 is 0. The van der Waals surface area contributed by atoms with Crippen LogP contribution in [0.5, 0.6) is 11.5 Å². The molecule has 12 nitrogen and oxygen atoms in total.